The maximum absolute atomic E-state index is 12.2. The van der Waals surface area contributed by atoms with Gasteiger partial charge in [-0.05, 0) is 61.7 Å². The molecule has 0 saturated carbocycles. The van der Waals surface area contributed by atoms with Crippen LogP contribution in [0.25, 0.3) is 0 Å². The van der Waals surface area contributed by atoms with E-state index in [0.717, 1.165) is 12.0 Å². The van der Waals surface area contributed by atoms with Crippen molar-refractivity contribution < 1.29 is 19.1 Å². The molecule has 3 N–H and O–H groups in total. The normalized spacial score (nSPS) is 11.3. The Labute approximate surface area is 183 Å². The maximum Gasteiger partial charge on any atom is 0.251 e. The number of ether oxygens (including phenoxy) is 1. The van der Waals surface area contributed by atoms with Gasteiger partial charge in [0.25, 0.3) is 11.8 Å². The van der Waals surface area contributed by atoms with Crippen LogP contribution in [0.2, 0.25) is 0 Å². The summed E-state index contributed by atoms with van der Waals surface area (Å²) in [5.74, 6) is 0.286. The fraction of sp³-hybridized carbons (Fsp3) is 0.375. The smallest absolute Gasteiger partial charge is 0.251 e. The van der Waals surface area contributed by atoms with Gasteiger partial charge in [0.2, 0.25) is 5.91 Å². The number of hydrogen-bond donors (Lipinski definition) is 3. The van der Waals surface area contributed by atoms with E-state index in [1.165, 1.54) is 0 Å². The van der Waals surface area contributed by atoms with Gasteiger partial charge in [0.15, 0.2) is 0 Å². The molecule has 0 bridgehead atoms. The van der Waals surface area contributed by atoms with Crippen molar-refractivity contribution in [1.82, 2.24) is 16.0 Å². The van der Waals surface area contributed by atoms with Gasteiger partial charge in [0, 0.05) is 36.7 Å². The van der Waals surface area contributed by atoms with Crippen LogP contribution >= 0.6 is 0 Å². The second kappa shape index (κ2) is 12.4. The van der Waals surface area contributed by atoms with Crippen molar-refractivity contribution in [3.8, 4) is 5.75 Å². The lowest BCUT2D eigenvalue weighted by Gasteiger charge is -2.12. The van der Waals surface area contributed by atoms with Crippen LogP contribution in [0.1, 0.15) is 59.4 Å². The molecule has 1 atom stereocenters. The molecule has 2 aromatic rings. The highest BCUT2D eigenvalue weighted by Gasteiger charge is 2.10. The van der Waals surface area contributed by atoms with E-state index in [2.05, 4.69) is 16.0 Å². The highest BCUT2D eigenvalue weighted by Crippen LogP contribution is 2.11. The van der Waals surface area contributed by atoms with Crippen LogP contribution in [-0.2, 0) is 11.3 Å². The zero-order valence-electron chi connectivity index (χ0n) is 18.4. The van der Waals surface area contributed by atoms with Crippen molar-refractivity contribution >= 4 is 17.7 Å². The van der Waals surface area contributed by atoms with E-state index < -0.39 is 0 Å². The van der Waals surface area contributed by atoms with E-state index in [1.54, 1.807) is 43.5 Å². The van der Waals surface area contributed by atoms with Gasteiger partial charge in [-0.15, -0.1) is 0 Å². The molecule has 7 heteroatoms. The standard InChI is InChI=1S/C24H31N3O4/c1-4-17(2)27-24(30)20-8-5-7-18(15-20)16-26-22(28)9-6-14-25-23(29)19-10-12-21(31-3)13-11-19/h5,7-8,10-13,15,17H,4,6,9,14,16H2,1-3H3,(H,25,29)(H,26,28)(H,27,30). The molecule has 3 amide bonds. The molecule has 0 fully saturated rings. The minimum atomic E-state index is -0.185. The summed E-state index contributed by atoms with van der Waals surface area (Å²) >= 11 is 0. The summed E-state index contributed by atoms with van der Waals surface area (Å²) in [5, 5.41) is 8.59. The van der Waals surface area contributed by atoms with Crippen LogP contribution in [0.3, 0.4) is 0 Å². The van der Waals surface area contributed by atoms with Crippen molar-refractivity contribution in [3.63, 3.8) is 0 Å². The van der Waals surface area contributed by atoms with Gasteiger partial charge in [-0.25, -0.2) is 0 Å². The number of nitrogens with one attached hydrogen (secondary N) is 3. The monoisotopic (exact) mass is 425 g/mol. The number of rotatable bonds is 11. The Hall–Kier alpha value is -3.35. The fourth-order valence-electron chi connectivity index (χ4n) is 2.82. The molecule has 0 aliphatic heterocycles. The lowest BCUT2D eigenvalue weighted by Crippen LogP contribution is -2.32. The summed E-state index contributed by atoms with van der Waals surface area (Å²) in [6, 6.07) is 14.2. The number of benzene rings is 2. The van der Waals surface area contributed by atoms with Gasteiger partial charge in [0.1, 0.15) is 5.75 Å². The van der Waals surface area contributed by atoms with Crippen molar-refractivity contribution in [2.45, 2.75) is 45.7 Å². The SMILES string of the molecule is CCC(C)NC(=O)c1cccc(CNC(=O)CCCNC(=O)c2ccc(OC)cc2)c1. The average Bonchev–Trinajstić information content (AvgIpc) is 2.80. The Kier molecular flexibility index (Phi) is 9.55. The van der Waals surface area contributed by atoms with E-state index in [4.69, 9.17) is 4.74 Å². The molecule has 2 aromatic carbocycles. The molecule has 31 heavy (non-hydrogen) atoms. The molecule has 2 rings (SSSR count). The summed E-state index contributed by atoms with van der Waals surface area (Å²) in [7, 11) is 1.57. The number of carbonyl (C=O) groups is 3. The quantitative estimate of drug-likeness (QED) is 0.482. The number of carbonyl (C=O) groups excluding carboxylic acids is 3. The highest BCUT2D eigenvalue weighted by atomic mass is 16.5. The fourth-order valence-corrected chi connectivity index (χ4v) is 2.82. The van der Waals surface area contributed by atoms with Gasteiger partial charge in [0.05, 0.1) is 7.11 Å². The van der Waals surface area contributed by atoms with Crippen molar-refractivity contribution in [3.05, 3.63) is 65.2 Å². The molecule has 1 unspecified atom stereocenters. The Balaban J connectivity index is 1.70. The maximum atomic E-state index is 12.2. The molecular weight excluding hydrogens is 394 g/mol. The van der Waals surface area contributed by atoms with E-state index in [1.807, 2.05) is 26.0 Å². The van der Waals surface area contributed by atoms with Crippen LogP contribution in [0.4, 0.5) is 0 Å². The van der Waals surface area contributed by atoms with E-state index in [9.17, 15) is 14.4 Å². The Morgan fingerprint density at radius 3 is 2.39 bits per heavy atom. The first-order chi connectivity index (χ1) is 14.9. The third-order valence-electron chi connectivity index (χ3n) is 4.89. The summed E-state index contributed by atoms with van der Waals surface area (Å²) in [6.07, 6.45) is 1.70. The molecule has 0 saturated heterocycles. The Morgan fingerprint density at radius 2 is 1.71 bits per heavy atom. The van der Waals surface area contributed by atoms with Crippen molar-refractivity contribution in [2.75, 3.05) is 13.7 Å². The summed E-state index contributed by atoms with van der Waals surface area (Å²) in [6.45, 7) is 4.73. The topological polar surface area (TPSA) is 96.5 Å². The van der Waals surface area contributed by atoms with Crippen LogP contribution < -0.4 is 20.7 Å². The summed E-state index contributed by atoms with van der Waals surface area (Å²) in [5.41, 5.74) is 1.98. The van der Waals surface area contributed by atoms with E-state index in [0.29, 0.717) is 42.8 Å². The first-order valence-electron chi connectivity index (χ1n) is 10.5. The van der Waals surface area contributed by atoms with Crippen LogP contribution in [0.15, 0.2) is 48.5 Å². The molecule has 7 nitrogen and oxygen atoms in total. The minimum Gasteiger partial charge on any atom is -0.497 e. The molecule has 0 aromatic heterocycles. The largest absolute Gasteiger partial charge is 0.497 e. The third-order valence-corrected chi connectivity index (χ3v) is 4.89. The average molecular weight is 426 g/mol. The molecule has 0 aliphatic carbocycles. The predicted octanol–water partition coefficient (Wildman–Crippen LogP) is 3.05. The van der Waals surface area contributed by atoms with Crippen molar-refractivity contribution in [2.24, 2.45) is 0 Å². The van der Waals surface area contributed by atoms with Crippen LogP contribution in [0, 0.1) is 0 Å². The van der Waals surface area contributed by atoms with Gasteiger partial charge in [-0.1, -0.05) is 19.1 Å². The van der Waals surface area contributed by atoms with Gasteiger partial charge in [-0.3, -0.25) is 14.4 Å². The highest BCUT2D eigenvalue weighted by molar-refractivity contribution is 5.95. The Morgan fingerprint density at radius 1 is 0.968 bits per heavy atom. The predicted molar refractivity (Wildman–Crippen MR) is 120 cm³/mol. The first-order valence-corrected chi connectivity index (χ1v) is 10.5. The zero-order chi connectivity index (χ0) is 22.6. The summed E-state index contributed by atoms with van der Waals surface area (Å²) < 4.78 is 5.07. The van der Waals surface area contributed by atoms with Crippen LogP contribution in [-0.4, -0.2) is 37.4 Å². The molecule has 0 spiro atoms. The molecule has 0 heterocycles. The van der Waals surface area contributed by atoms with Gasteiger partial charge >= 0.3 is 0 Å². The van der Waals surface area contributed by atoms with E-state index >= 15 is 0 Å². The zero-order valence-corrected chi connectivity index (χ0v) is 18.4. The first kappa shape index (κ1) is 23.9. The molecule has 166 valence electrons. The molecular formula is C24H31N3O4. The Bertz CT molecular complexity index is 881. The van der Waals surface area contributed by atoms with E-state index in [-0.39, 0.29) is 23.8 Å². The number of hydrogen-bond acceptors (Lipinski definition) is 4. The number of amides is 3. The third kappa shape index (κ3) is 8.12. The second-order valence-electron chi connectivity index (χ2n) is 7.35. The molecule has 0 radical (unpaired) electrons. The number of methoxy groups -OCH3 is 1. The van der Waals surface area contributed by atoms with Crippen LogP contribution in [0.5, 0.6) is 5.75 Å². The second-order valence-corrected chi connectivity index (χ2v) is 7.35. The van der Waals surface area contributed by atoms with Gasteiger partial charge < -0.3 is 20.7 Å². The molecule has 0 aliphatic rings. The van der Waals surface area contributed by atoms with Crippen molar-refractivity contribution in [1.29, 1.82) is 0 Å². The minimum absolute atomic E-state index is 0.104. The summed E-state index contributed by atoms with van der Waals surface area (Å²) in [4.78, 5) is 36.4. The lowest BCUT2D eigenvalue weighted by molar-refractivity contribution is -0.121. The lowest BCUT2D eigenvalue weighted by atomic mass is 10.1. The van der Waals surface area contributed by atoms with Gasteiger partial charge in [-0.2, -0.15) is 0 Å².